The Kier molecular flexibility index (Phi) is 6.69. The fourth-order valence-electron chi connectivity index (χ4n) is 3.01. The maximum atomic E-state index is 13.0. The molecule has 160 valence electrons. The van der Waals surface area contributed by atoms with Gasteiger partial charge in [0.1, 0.15) is 5.69 Å². The molecule has 31 heavy (non-hydrogen) atoms. The number of hydrogen-bond acceptors (Lipinski definition) is 3. The number of benzene rings is 2. The Labute approximate surface area is 176 Å². The average Bonchev–Trinajstić information content (AvgIpc) is 2.74. The molecule has 0 radical (unpaired) electrons. The third-order valence-electron chi connectivity index (χ3n) is 4.57. The van der Waals surface area contributed by atoms with Crippen LogP contribution in [0.4, 0.5) is 13.2 Å². The molecule has 0 spiro atoms. The van der Waals surface area contributed by atoms with E-state index in [0.29, 0.717) is 5.56 Å². The highest BCUT2D eigenvalue weighted by Crippen LogP contribution is 2.27. The molecular formula is C23H19F3N2O3. The molecule has 0 saturated heterocycles. The summed E-state index contributed by atoms with van der Waals surface area (Å²) in [5.41, 5.74) is 0.662. The summed E-state index contributed by atoms with van der Waals surface area (Å²) in [6.07, 6.45) is -4.88. The minimum absolute atomic E-state index is 0.0270. The van der Waals surface area contributed by atoms with Gasteiger partial charge in [-0.1, -0.05) is 48.5 Å². The van der Waals surface area contributed by atoms with E-state index in [2.05, 4.69) is 4.98 Å². The molecule has 1 amide bonds. The van der Waals surface area contributed by atoms with Crippen LogP contribution in [0, 0.1) is 0 Å². The van der Waals surface area contributed by atoms with Gasteiger partial charge in [-0.3, -0.25) is 4.79 Å². The summed E-state index contributed by atoms with van der Waals surface area (Å²) in [5, 5.41) is 9.03. The molecule has 0 aliphatic heterocycles. The molecule has 3 aromatic rings. The first-order valence-corrected chi connectivity index (χ1v) is 9.39. The second-order valence-corrected chi connectivity index (χ2v) is 6.93. The normalized spacial score (nSPS) is 11.2. The molecule has 3 rings (SSSR count). The molecule has 2 aromatic carbocycles. The van der Waals surface area contributed by atoms with Crippen LogP contribution in [0.1, 0.15) is 32.9 Å². The maximum absolute atomic E-state index is 13.0. The van der Waals surface area contributed by atoms with Crippen LogP contribution in [-0.4, -0.2) is 26.9 Å². The van der Waals surface area contributed by atoms with Gasteiger partial charge in [0.2, 0.25) is 5.91 Å². The summed E-state index contributed by atoms with van der Waals surface area (Å²) in [4.78, 5) is 29.1. The second-order valence-electron chi connectivity index (χ2n) is 6.93. The van der Waals surface area contributed by atoms with E-state index in [4.69, 9.17) is 5.11 Å². The fourth-order valence-corrected chi connectivity index (χ4v) is 3.01. The predicted molar refractivity (Wildman–Crippen MR) is 107 cm³/mol. The number of carbonyl (C=O) groups excluding carboxylic acids is 1. The minimum Gasteiger partial charge on any atom is -0.478 e. The average molecular weight is 428 g/mol. The Balaban J connectivity index is 1.81. The van der Waals surface area contributed by atoms with Gasteiger partial charge in [0.25, 0.3) is 0 Å². The van der Waals surface area contributed by atoms with E-state index in [0.717, 1.165) is 11.6 Å². The van der Waals surface area contributed by atoms with Crippen molar-refractivity contribution in [2.24, 2.45) is 0 Å². The van der Waals surface area contributed by atoms with E-state index in [-0.39, 0.29) is 30.8 Å². The second kappa shape index (κ2) is 9.42. The molecule has 0 unspecified atom stereocenters. The number of amides is 1. The molecule has 1 N–H and O–H groups in total. The lowest BCUT2D eigenvalue weighted by molar-refractivity contribution is -0.141. The number of aromatic nitrogens is 1. The lowest BCUT2D eigenvalue weighted by atomic mass is 10.1. The van der Waals surface area contributed by atoms with Crippen molar-refractivity contribution in [1.82, 2.24) is 9.88 Å². The Morgan fingerprint density at radius 1 is 0.839 bits per heavy atom. The van der Waals surface area contributed by atoms with Crippen LogP contribution < -0.4 is 0 Å². The van der Waals surface area contributed by atoms with E-state index in [1.807, 2.05) is 30.3 Å². The molecule has 5 nitrogen and oxygen atoms in total. The Morgan fingerprint density at radius 3 is 2.03 bits per heavy atom. The summed E-state index contributed by atoms with van der Waals surface area (Å²) in [6.45, 7) is 0.423. The van der Waals surface area contributed by atoms with Crippen molar-refractivity contribution in [3.8, 4) is 0 Å². The number of rotatable bonds is 7. The zero-order valence-electron chi connectivity index (χ0n) is 16.3. The van der Waals surface area contributed by atoms with E-state index < -0.39 is 23.7 Å². The molecule has 0 fully saturated rings. The quantitative estimate of drug-likeness (QED) is 0.599. The minimum atomic E-state index is -4.59. The smallest absolute Gasteiger partial charge is 0.433 e. The van der Waals surface area contributed by atoms with Crippen LogP contribution in [0.2, 0.25) is 0 Å². The van der Waals surface area contributed by atoms with Crippen LogP contribution in [0.15, 0.2) is 72.8 Å². The molecule has 0 bridgehead atoms. The topological polar surface area (TPSA) is 70.5 Å². The number of carboxylic acids is 1. The first-order chi connectivity index (χ1) is 14.7. The number of carboxylic acid groups (broad SMARTS) is 1. The summed E-state index contributed by atoms with van der Waals surface area (Å²) >= 11 is 0. The zero-order chi connectivity index (χ0) is 22.4. The van der Waals surface area contributed by atoms with Crippen molar-refractivity contribution < 1.29 is 27.9 Å². The number of alkyl halides is 3. The van der Waals surface area contributed by atoms with Gasteiger partial charge in [0.05, 0.1) is 17.7 Å². The number of nitrogens with zero attached hydrogens (tertiary/aromatic N) is 2. The first-order valence-electron chi connectivity index (χ1n) is 9.39. The molecular weight excluding hydrogens is 409 g/mol. The SMILES string of the molecule is O=C(O)c1ccc(CN(Cc2ccccc2)C(=O)Cc2cccc(C(F)(F)F)n2)cc1. The highest BCUT2D eigenvalue weighted by Gasteiger charge is 2.32. The van der Waals surface area contributed by atoms with Crippen molar-refractivity contribution in [1.29, 1.82) is 0 Å². The molecule has 0 saturated carbocycles. The van der Waals surface area contributed by atoms with Crippen molar-refractivity contribution in [2.45, 2.75) is 25.7 Å². The zero-order valence-corrected chi connectivity index (χ0v) is 16.3. The molecule has 1 aromatic heterocycles. The largest absolute Gasteiger partial charge is 0.478 e. The number of hydrogen-bond donors (Lipinski definition) is 1. The van der Waals surface area contributed by atoms with Gasteiger partial charge in [-0.2, -0.15) is 13.2 Å². The van der Waals surface area contributed by atoms with Gasteiger partial charge in [0.15, 0.2) is 0 Å². The van der Waals surface area contributed by atoms with Crippen LogP contribution >= 0.6 is 0 Å². The van der Waals surface area contributed by atoms with Crippen molar-refractivity contribution in [3.63, 3.8) is 0 Å². The van der Waals surface area contributed by atoms with Crippen LogP contribution in [0.25, 0.3) is 0 Å². The highest BCUT2D eigenvalue weighted by atomic mass is 19.4. The standard InChI is InChI=1S/C23H19F3N2O3/c24-23(25,26)20-8-4-7-19(27-20)13-21(29)28(14-16-5-2-1-3-6-16)15-17-9-11-18(12-10-17)22(30)31/h1-12H,13-15H2,(H,30,31). The van der Waals surface area contributed by atoms with Crippen LogP contribution in [0.3, 0.4) is 0 Å². The molecule has 8 heteroatoms. The van der Waals surface area contributed by atoms with Gasteiger partial charge < -0.3 is 10.0 Å². The molecule has 0 aliphatic rings. The summed E-state index contributed by atoms with van der Waals surface area (Å²) in [5.74, 6) is -1.45. The Bertz CT molecular complexity index is 1050. The van der Waals surface area contributed by atoms with Crippen molar-refractivity contribution in [3.05, 3.63) is 101 Å². The monoisotopic (exact) mass is 428 g/mol. The predicted octanol–water partition coefficient (Wildman–Crippen LogP) is 4.57. The number of pyridine rings is 1. The van der Waals surface area contributed by atoms with Gasteiger partial charge in [-0.25, -0.2) is 9.78 Å². The fraction of sp³-hybridized carbons (Fsp3) is 0.174. The van der Waals surface area contributed by atoms with E-state index >= 15 is 0 Å². The summed E-state index contributed by atoms with van der Waals surface area (Å²) in [7, 11) is 0. The first kappa shape index (κ1) is 22.0. The Morgan fingerprint density at radius 2 is 1.45 bits per heavy atom. The lowest BCUT2D eigenvalue weighted by Crippen LogP contribution is -2.31. The van der Waals surface area contributed by atoms with E-state index in [1.54, 1.807) is 12.1 Å². The molecule has 0 atom stereocenters. The van der Waals surface area contributed by atoms with E-state index in [9.17, 15) is 22.8 Å². The molecule has 0 aliphatic carbocycles. The van der Waals surface area contributed by atoms with Crippen LogP contribution in [-0.2, 0) is 30.5 Å². The number of aromatic carboxylic acids is 1. The van der Waals surface area contributed by atoms with Crippen molar-refractivity contribution >= 4 is 11.9 Å². The number of carbonyl (C=O) groups is 2. The van der Waals surface area contributed by atoms with Crippen molar-refractivity contribution in [2.75, 3.05) is 0 Å². The van der Waals surface area contributed by atoms with E-state index in [1.165, 1.54) is 29.2 Å². The lowest BCUT2D eigenvalue weighted by Gasteiger charge is -2.23. The maximum Gasteiger partial charge on any atom is 0.433 e. The van der Waals surface area contributed by atoms with Gasteiger partial charge in [0, 0.05) is 13.1 Å². The highest BCUT2D eigenvalue weighted by molar-refractivity contribution is 5.87. The third-order valence-corrected chi connectivity index (χ3v) is 4.57. The number of halogens is 3. The van der Waals surface area contributed by atoms with Crippen LogP contribution in [0.5, 0.6) is 0 Å². The van der Waals surface area contributed by atoms with Gasteiger partial charge >= 0.3 is 12.1 Å². The third kappa shape index (κ3) is 6.15. The Hall–Kier alpha value is -3.68. The molecule has 1 heterocycles. The summed E-state index contributed by atoms with van der Waals surface area (Å²) in [6, 6.07) is 18.8. The van der Waals surface area contributed by atoms with Gasteiger partial charge in [-0.05, 0) is 35.4 Å². The van der Waals surface area contributed by atoms with Gasteiger partial charge in [-0.15, -0.1) is 0 Å². The summed E-state index contributed by atoms with van der Waals surface area (Å²) < 4.78 is 38.8.